The molecule has 0 saturated carbocycles. The van der Waals surface area contributed by atoms with Gasteiger partial charge in [0.1, 0.15) is 5.75 Å². The second-order valence-electron chi connectivity index (χ2n) is 6.48. The summed E-state index contributed by atoms with van der Waals surface area (Å²) in [5.74, 6) is 0.291. The van der Waals surface area contributed by atoms with Crippen LogP contribution in [0.5, 0.6) is 5.75 Å². The smallest absolute Gasteiger partial charge is 0.276 e. The molecular formula is C21H17Cl2N5O2. The molecule has 4 rings (SSSR count). The molecule has 1 amide bonds. The van der Waals surface area contributed by atoms with Crippen molar-refractivity contribution in [3.63, 3.8) is 0 Å². The number of rotatable bonds is 7. The van der Waals surface area contributed by atoms with Crippen LogP contribution in [-0.2, 0) is 13.3 Å². The minimum Gasteiger partial charge on any atom is -0.471 e. The lowest BCUT2D eigenvalue weighted by Gasteiger charge is -2.06. The molecule has 4 aromatic rings. The van der Waals surface area contributed by atoms with Crippen molar-refractivity contribution in [2.24, 2.45) is 0 Å². The molecule has 0 radical (unpaired) electrons. The molecule has 0 aliphatic rings. The van der Waals surface area contributed by atoms with E-state index in [4.69, 9.17) is 27.9 Å². The number of anilines is 1. The molecule has 2 heterocycles. The number of aromatic nitrogens is 4. The van der Waals surface area contributed by atoms with Crippen LogP contribution in [0.25, 0.3) is 0 Å². The van der Waals surface area contributed by atoms with Gasteiger partial charge in [-0.15, -0.1) is 0 Å². The summed E-state index contributed by atoms with van der Waals surface area (Å²) in [5.41, 5.74) is 1.91. The predicted molar refractivity (Wildman–Crippen MR) is 115 cm³/mol. The van der Waals surface area contributed by atoms with E-state index in [2.05, 4.69) is 15.5 Å². The monoisotopic (exact) mass is 441 g/mol. The third kappa shape index (κ3) is 5.20. The topological polar surface area (TPSA) is 74.0 Å². The summed E-state index contributed by atoms with van der Waals surface area (Å²) in [6, 6.07) is 16.2. The maximum atomic E-state index is 12.5. The number of carbonyl (C=O) groups excluding carboxylic acids is 1. The predicted octanol–water partition coefficient (Wildman–Crippen LogP) is 4.72. The Bertz CT molecular complexity index is 1150. The number of halogens is 2. The Kier molecular flexibility index (Phi) is 6.02. The van der Waals surface area contributed by atoms with Crippen molar-refractivity contribution in [3.05, 3.63) is 94.5 Å². The molecule has 2 aromatic heterocycles. The van der Waals surface area contributed by atoms with Gasteiger partial charge < -0.3 is 10.1 Å². The molecule has 0 spiro atoms. The highest BCUT2D eigenvalue weighted by molar-refractivity contribution is 6.30. The van der Waals surface area contributed by atoms with Crippen LogP contribution in [0.15, 0.2) is 73.2 Å². The van der Waals surface area contributed by atoms with Crippen LogP contribution in [0.1, 0.15) is 16.1 Å². The van der Waals surface area contributed by atoms with E-state index in [1.807, 2.05) is 24.3 Å². The van der Waals surface area contributed by atoms with Gasteiger partial charge in [-0.25, -0.2) is 4.68 Å². The minimum atomic E-state index is -0.331. The summed E-state index contributed by atoms with van der Waals surface area (Å²) < 4.78 is 8.87. The van der Waals surface area contributed by atoms with E-state index in [0.717, 1.165) is 5.56 Å². The molecule has 0 aliphatic heterocycles. The highest BCUT2D eigenvalue weighted by Crippen LogP contribution is 2.17. The molecular weight excluding hydrogens is 425 g/mol. The summed E-state index contributed by atoms with van der Waals surface area (Å²) in [5, 5.41) is 12.6. The SMILES string of the molecule is O=C(Nc1cnn(Cc2ccc(Cl)cc2)c1)c1ccn(COc2cccc(Cl)c2)n1. The van der Waals surface area contributed by atoms with Crippen LogP contribution < -0.4 is 10.1 Å². The lowest BCUT2D eigenvalue weighted by Crippen LogP contribution is -2.14. The zero-order valence-corrected chi connectivity index (χ0v) is 17.2. The van der Waals surface area contributed by atoms with E-state index < -0.39 is 0 Å². The van der Waals surface area contributed by atoms with Crippen molar-refractivity contribution < 1.29 is 9.53 Å². The number of hydrogen-bond acceptors (Lipinski definition) is 4. The van der Waals surface area contributed by atoms with Gasteiger partial charge >= 0.3 is 0 Å². The van der Waals surface area contributed by atoms with Gasteiger partial charge in [-0.05, 0) is 42.0 Å². The second-order valence-corrected chi connectivity index (χ2v) is 7.35. The Morgan fingerprint density at radius 2 is 1.87 bits per heavy atom. The van der Waals surface area contributed by atoms with Gasteiger partial charge in [0, 0.05) is 22.4 Å². The van der Waals surface area contributed by atoms with Crippen molar-refractivity contribution in [1.82, 2.24) is 19.6 Å². The van der Waals surface area contributed by atoms with Gasteiger partial charge in [-0.3, -0.25) is 9.48 Å². The zero-order valence-electron chi connectivity index (χ0n) is 15.7. The molecule has 7 nitrogen and oxygen atoms in total. The van der Waals surface area contributed by atoms with Crippen LogP contribution in [-0.4, -0.2) is 25.5 Å². The van der Waals surface area contributed by atoms with Gasteiger partial charge in [-0.2, -0.15) is 10.2 Å². The zero-order chi connectivity index (χ0) is 20.9. The summed E-state index contributed by atoms with van der Waals surface area (Å²) in [4.78, 5) is 12.5. The molecule has 152 valence electrons. The summed E-state index contributed by atoms with van der Waals surface area (Å²) in [7, 11) is 0. The van der Waals surface area contributed by atoms with Crippen LogP contribution in [0, 0.1) is 0 Å². The lowest BCUT2D eigenvalue weighted by atomic mass is 10.2. The van der Waals surface area contributed by atoms with Crippen LogP contribution in [0.3, 0.4) is 0 Å². The van der Waals surface area contributed by atoms with E-state index in [9.17, 15) is 4.79 Å². The van der Waals surface area contributed by atoms with Crippen molar-refractivity contribution in [2.45, 2.75) is 13.3 Å². The average Bonchev–Trinajstić information content (AvgIpc) is 3.38. The molecule has 1 N–H and O–H groups in total. The van der Waals surface area contributed by atoms with Crippen molar-refractivity contribution >= 4 is 34.8 Å². The number of carbonyl (C=O) groups is 1. The molecule has 0 bridgehead atoms. The van der Waals surface area contributed by atoms with E-state index in [1.54, 1.807) is 53.6 Å². The molecule has 0 unspecified atom stereocenters. The van der Waals surface area contributed by atoms with Crippen LogP contribution in [0.4, 0.5) is 5.69 Å². The van der Waals surface area contributed by atoms with E-state index in [0.29, 0.717) is 28.0 Å². The van der Waals surface area contributed by atoms with Crippen LogP contribution >= 0.6 is 23.2 Å². The van der Waals surface area contributed by atoms with E-state index >= 15 is 0 Å². The van der Waals surface area contributed by atoms with Gasteiger partial charge in [0.2, 0.25) is 0 Å². The number of hydrogen-bond donors (Lipinski definition) is 1. The second kappa shape index (κ2) is 9.02. The Morgan fingerprint density at radius 3 is 2.67 bits per heavy atom. The number of nitrogens with zero attached hydrogens (tertiary/aromatic N) is 4. The molecule has 0 fully saturated rings. The molecule has 0 aliphatic carbocycles. The number of amides is 1. The normalized spacial score (nSPS) is 10.7. The quantitative estimate of drug-likeness (QED) is 0.450. The van der Waals surface area contributed by atoms with Crippen LogP contribution in [0.2, 0.25) is 10.0 Å². The maximum absolute atomic E-state index is 12.5. The van der Waals surface area contributed by atoms with E-state index in [-0.39, 0.29) is 18.3 Å². The van der Waals surface area contributed by atoms with E-state index in [1.165, 1.54) is 4.68 Å². The van der Waals surface area contributed by atoms with Crippen molar-refractivity contribution in [1.29, 1.82) is 0 Å². The summed E-state index contributed by atoms with van der Waals surface area (Å²) in [6.07, 6.45) is 5.02. The summed E-state index contributed by atoms with van der Waals surface area (Å²) >= 11 is 11.8. The highest BCUT2D eigenvalue weighted by atomic mass is 35.5. The third-order valence-electron chi connectivity index (χ3n) is 4.18. The first kappa shape index (κ1) is 20.0. The first-order valence-electron chi connectivity index (χ1n) is 9.05. The van der Waals surface area contributed by atoms with Gasteiger partial charge in [0.15, 0.2) is 12.4 Å². The fourth-order valence-corrected chi connectivity index (χ4v) is 3.05. The number of benzene rings is 2. The fourth-order valence-electron chi connectivity index (χ4n) is 2.74. The van der Waals surface area contributed by atoms with Gasteiger partial charge in [-0.1, -0.05) is 41.4 Å². The van der Waals surface area contributed by atoms with Crippen molar-refractivity contribution in [3.8, 4) is 5.75 Å². The fraction of sp³-hybridized carbons (Fsp3) is 0.0952. The summed E-state index contributed by atoms with van der Waals surface area (Å²) in [6.45, 7) is 0.731. The van der Waals surface area contributed by atoms with Gasteiger partial charge in [0.25, 0.3) is 5.91 Å². The molecule has 0 saturated heterocycles. The first-order valence-corrected chi connectivity index (χ1v) is 9.81. The highest BCUT2D eigenvalue weighted by Gasteiger charge is 2.11. The van der Waals surface area contributed by atoms with Gasteiger partial charge in [0.05, 0.1) is 18.4 Å². The Morgan fingerprint density at radius 1 is 1.03 bits per heavy atom. The number of ether oxygens (including phenoxy) is 1. The molecule has 9 heteroatoms. The molecule has 30 heavy (non-hydrogen) atoms. The Hall–Kier alpha value is -3.29. The Labute approximate surface area is 182 Å². The largest absolute Gasteiger partial charge is 0.471 e. The Balaban J connectivity index is 1.33. The number of nitrogens with one attached hydrogen (secondary N) is 1. The lowest BCUT2D eigenvalue weighted by molar-refractivity contribution is 0.102. The van der Waals surface area contributed by atoms with Crippen molar-refractivity contribution in [2.75, 3.05) is 5.32 Å². The third-order valence-corrected chi connectivity index (χ3v) is 4.67. The standard InChI is InChI=1S/C21H17Cl2N5O2/c22-16-6-4-15(5-7-16)12-28-13-18(11-24-28)25-21(29)20-8-9-27(26-20)14-30-19-3-1-2-17(23)10-19/h1-11,13H,12,14H2,(H,25,29). The minimum absolute atomic E-state index is 0.159. The average molecular weight is 442 g/mol. The first-order chi connectivity index (χ1) is 14.5. The molecule has 2 aromatic carbocycles. The molecule has 0 atom stereocenters. The maximum Gasteiger partial charge on any atom is 0.276 e.